The SMILES string of the molecule is CCCCC(CCCC)C(=O)N=C(N)OC(N)=O. The minimum Gasteiger partial charge on any atom is -0.376 e. The van der Waals surface area contributed by atoms with Crippen LogP contribution in [0.1, 0.15) is 52.4 Å². The summed E-state index contributed by atoms with van der Waals surface area (Å²) in [6, 6.07) is -0.481. The molecule has 0 heterocycles. The Bertz CT molecular complexity index is 295. The van der Waals surface area contributed by atoms with Crippen molar-refractivity contribution in [3.63, 3.8) is 0 Å². The van der Waals surface area contributed by atoms with Crippen molar-refractivity contribution in [2.24, 2.45) is 22.4 Å². The molecule has 0 saturated heterocycles. The summed E-state index contributed by atoms with van der Waals surface area (Å²) in [4.78, 5) is 25.8. The largest absolute Gasteiger partial charge is 0.412 e. The van der Waals surface area contributed by atoms with Gasteiger partial charge in [-0.25, -0.2) is 4.79 Å². The van der Waals surface area contributed by atoms with Crippen LogP contribution in [0.15, 0.2) is 4.99 Å². The molecule has 0 rings (SSSR count). The first-order valence-electron chi connectivity index (χ1n) is 6.36. The fourth-order valence-corrected chi connectivity index (χ4v) is 1.62. The summed E-state index contributed by atoms with van der Waals surface area (Å²) in [5.41, 5.74) is 10.0. The van der Waals surface area contributed by atoms with Crippen molar-refractivity contribution in [3.8, 4) is 0 Å². The molecule has 0 unspecified atom stereocenters. The number of rotatable bonds is 7. The van der Waals surface area contributed by atoms with Crippen LogP contribution in [0.4, 0.5) is 4.79 Å². The smallest absolute Gasteiger partial charge is 0.376 e. The lowest BCUT2D eigenvalue weighted by atomic mass is 9.95. The predicted octanol–water partition coefficient (Wildman–Crippen LogP) is 1.92. The van der Waals surface area contributed by atoms with E-state index in [0.29, 0.717) is 0 Å². The molecule has 0 fully saturated rings. The van der Waals surface area contributed by atoms with Gasteiger partial charge in [0.2, 0.25) is 0 Å². The molecule has 6 nitrogen and oxygen atoms in total. The molecule has 0 bridgehead atoms. The van der Waals surface area contributed by atoms with E-state index in [1.807, 2.05) is 0 Å². The van der Waals surface area contributed by atoms with Crippen molar-refractivity contribution in [3.05, 3.63) is 0 Å². The van der Waals surface area contributed by atoms with Crippen LogP contribution in [0.3, 0.4) is 0 Å². The summed E-state index contributed by atoms with van der Waals surface area (Å²) in [6.45, 7) is 4.13. The highest BCUT2D eigenvalue weighted by atomic mass is 16.6. The monoisotopic (exact) mass is 257 g/mol. The van der Waals surface area contributed by atoms with Crippen LogP contribution >= 0.6 is 0 Å². The first-order valence-corrected chi connectivity index (χ1v) is 6.36. The fourth-order valence-electron chi connectivity index (χ4n) is 1.62. The Labute approximate surface area is 108 Å². The molecular formula is C12H23N3O3. The highest BCUT2D eigenvalue weighted by molar-refractivity contribution is 5.94. The maximum Gasteiger partial charge on any atom is 0.412 e. The third-order valence-corrected chi connectivity index (χ3v) is 2.59. The topological polar surface area (TPSA) is 108 Å². The maximum absolute atomic E-state index is 11.8. The van der Waals surface area contributed by atoms with Gasteiger partial charge < -0.3 is 16.2 Å². The first kappa shape index (κ1) is 16.4. The van der Waals surface area contributed by atoms with E-state index in [0.717, 1.165) is 38.5 Å². The Morgan fingerprint density at radius 3 is 2.00 bits per heavy atom. The van der Waals surface area contributed by atoms with Crippen molar-refractivity contribution in [1.29, 1.82) is 0 Å². The number of amides is 2. The number of nitrogens with two attached hydrogens (primary N) is 2. The zero-order chi connectivity index (χ0) is 14.0. The lowest BCUT2D eigenvalue weighted by Gasteiger charge is -2.12. The third kappa shape index (κ3) is 7.65. The van der Waals surface area contributed by atoms with Crippen LogP contribution in [-0.2, 0) is 9.53 Å². The van der Waals surface area contributed by atoms with Gasteiger partial charge in [0.05, 0.1) is 0 Å². The summed E-state index contributed by atoms with van der Waals surface area (Å²) in [5, 5.41) is 0. The molecule has 0 aromatic carbocycles. The number of nitrogens with zero attached hydrogens (tertiary/aromatic N) is 1. The molecule has 0 spiro atoms. The van der Waals surface area contributed by atoms with E-state index in [-0.39, 0.29) is 11.8 Å². The van der Waals surface area contributed by atoms with Crippen molar-refractivity contribution < 1.29 is 14.3 Å². The number of aliphatic imine (C=N–C) groups is 1. The summed E-state index contributed by atoms with van der Waals surface area (Å²) < 4.78 is 4.33. The van der Waals surface area contributed by atoms with Crippen LogP contribution in [-0.4, -0.2) is 18.0 Å². The Balaban J connectivity index is 4.47. The molecule has 0 radical (unpaired) electrons. The molecule has 18 heavy (non-hydrogen) atoms. The molecule has 0 aliphatic rings. The second-order valence-corrected chi connectivity index (χ2v) is 4.19. The summed E-state index contributed by atoms with van der Waals surface area (Å²) in [5.74, 6) is -0.490. The molecule has 104 valence electrons. The average molecular weight is 257 g/mol. The standard InChI is InChI=1S/C12H23N3O3/c1-3-5-7-9(8-6-4-2)10(16)15-11(13)18-12(14)17/h9H,3-8H2,1-2H3,(H2,14,17)(H2,13,15,16). The molecule has 0 aliphatic heterocycles. The number of amidine groups is 1. The van der Waals surface area contributed by atoms with Crippen LogP contribution in [0, 0.1) is 5.92 Å². The van der Waals surface area contributed by atoms with Crippen LogP contribution in [0.2, 0.25) is 0 Å². The number of ether oxygens (including phenoxy) is 1. The van der Waals surface area contributed by atoms with Gasteiger partial charge in [0, 0.05) is 5.92 Å². The van der Waals surface area contributed by atoms with Gasteiger partial charge in [0.1, 0.15) is 0 Å². The van der Waals surface area contributed by atoms with E-state index < -0.39 is 12.1 Å². The summed E-state index contributed by atoms with van der Waals surface area (Å²) in [7, 11) is 0. The van der Waals surface area contributed by atoms with Crippen LogP contribution < -0.4 is 11.5 Å². The zero-order valence-corrected chi connectivity index (χ0v) is 11.1. The summed E-state index contributed by atoms with van der Waals surface area (Å²) >= 11 is 0. The minimum atomic E-state index is -1.07. The molecule has 0 aromatic heterocycles. The van der Waals surface area contributed by atoms with Gasteiger partial charge in [-0.3, -0.25) is 4.79 Å². The Kier molecular flexibility index (Phi) is 8.61. The molecule has 0 atom stereocenters. The predicted molar refractivity (Wildman–Crippen MR) is 69.8 cm³/mol. The minimum absolute atomic E-state index is 0.153. The maximum atomic E-state index is 11.8. The van der Waals surface area contributed by atoms with Gasteiger partial charge in [-0.15, -0.1) is 0 Å². The number of carbonyl (C=O) groups is 2. The van der Waals surface area contributed by atoms with Gasteiger partial charge >= 0.3 is 6.09 Å². The van der Waals surface area contributed by atoms with Gasteiger partial charge in [-0.05, 0) is 12.8 Å². The van der Waals surface area contributed by atoms with Gasteiger partial charge in [0.25, 0.3) is 11.9 Å². The summed E-state index contributed by atoms with van der Waals surface area (Å²) in [6.07, 6.45) is 4.46. The molecule has 2 amide bonds. The number of hydrogen-bond donors (Lipinski definition) is 2. The quantitative estimate of drug-likeness (QED) is 0.536. The molecule has 0 aliphatic carbocycles. The van der Waals surface area contributed by atoms with Gasteiger partial charge in [-0.2, -0.15) is 4.99 Å². The number of unbranched alkanes of at least 4 members (excludes halogenated alkanes) is 2. The number of hydrogen-bond acceptors (Lipinski definition) is 3. The van der Waals surface area contributed by atoms with E-state index in [9.17, 15) is 9.59 Å². The fraction of sp³-hybridized carbons (Fsp3) is 0.750. The number of carbonyl (C=O) groups excluding carboxylic acids is 2. The van der Waals surface area contributed by atoms with E-state index in [2.05, 4.69) is 23.6 Å². The average Bonchev–Trinajstić information content (AvgIpc) is 2.27. The lowest BCUT2D eigenvalue weighted by Crippen LogP contribution is -2.27. The Hall–Kier alpha value is -1.59. The second-order valence-electron chi connectivity index (χ2n) is 4.19. The van der Waals surface area contributed by atoms with E-state index in [1.165, 1.54) is 0 Å². The first-order chi connectivity index (χ1) is 8.51. The van der Waals surface area contributed by atoms with Crippen LogP contribution in [0.25, 0.3) is 0 Å². The molecule has 0 saturated carbocycles. The zero-order valence-electron chi connectivity index (χ0n) is 11.1. The van der Waals surface area contributed by atoms with Crippen molar-refractivity contribution in [2.75, 3.05) is 0 Å². The molecule has 4 N–H and O–H groups in total. The van der Waals surface area contributed by atoms with Crippen molar-refractivity contribution >= 4 is 18.0 Å². The molecule has 6 heteroatoms. The van der Waals surface area contributed by atoms with Gasteiger partial charge in [0.15, 0.2) is 0 Å². The molecular weight excluding hydrogens is 234 g/mol. The highest BCUT2D eigenvalue weighted by Gasteiger charge is 2.17. The van der Waals surface area contributed by atoms with Crippen molar-refractivity contribution in [1.82, 2.24) is 0 Å². The van der Waals surface area contributed by atoms with Crippen molar-refractivity contribution in [2.45, 2.75) is 52.4 Å². The Morgan fingerprint density at radius 2 is 1.61 bits per heavy atom. The van der Waals surface area contributed by atoms with E-state index in [4.69, 9.17) is 11.5 Å². The van der Waals surface area contributed by atoms with Crippen LogP contribution in [0.5, 0.6) is 0 Å². The second kappa shape index (κ2) is 9.44. The third-order valence-electron chi connectivity index (χ3n) is 2.59. The molecule has 0 aromatic rings. The lowest BCUT2D eigenvalue weighted by molar-refractivity contribution is -0.122. The highest BCUT2D eigenvalue weighted by Crippen LogP contribution is 2.17. The number of primary amides is 1. The van der Waals surface area contributed by atoms with E-state index >= 15 is 0 Å². The Morgan fingerprint density at radius 1 is 1.11 bits per heavy atom. The van der Waals surface area contributed by atoms with E-state index in [1.54, 1.807) is 0 Å². The normalized spacial score (nSPS) is 11.6. The van der Waals surface area contributed by atoms with Gasteiger partial charge in [-0.1, -0.05) is 39.5 Å².